The van der Waals surface area contributed by atoms with Gasteiger partial charge in [-0.1, -0.05) is 66.4 Å². The molecule has 0 aliphatic rings. The third kappa shape index (κ3) is 4.02. The highest BCUT2D eigenvalue weighted by molar-refractivity contribution is 7.99. The van der Waals surface area contributed by atoms with Gasteiger partial charge in [0, 0.05) is 5.75 Å². The number of aromatic nitrogens is 2. The Morgan fingerprint density at radius 1 is 1.04 bits per heavy atom. The number of nitrogens with zero attached hydrogens (tertiary/aromatic N) is 2. The Bertz CT molecular complexity index is 784. The van der Waals surface area contributed by atoms with Crippen LogP contribution >= 0.6 is 11.8 Å². The summed E-state index contributed by atoms with van der Waals surface area (Å²) in [5.41, 5.74) is 1.97. The molecule has 0 aliphatic carbocycles. The van der Waals surface area contributed by atoms with Crippen LogP contribution < -0.4 is 4.74 Å². The van der Waals surface area contributed by atoms with Crippen molar-refractivity contribution in [1.29, 1.82) is 0 Å². The Morgan fingerprint density at radius 2 is 1.83 bits per heavy atom. The molecule has 0 N–H and O–H groups in total. The second-order valence-corrected chi connectivity index (χ2v) is 5.67. The number of benzene rings is 2. The number of methoxy groups -OCH3 is 1. The van der Waals surface area contributed by atoms with Gasteiger partial charge in [0.15, 0.2) is 0 Å². The van der Waals surface area contributed by atoms with Crippen LogP contribution in [-0.2, 0) is 0 Å². The SMILES string of the molecule is COc1ccccc1-c1nnc(SC/C=C/c2ccccc2)o1. The summed E-state index contributed by atoms with van der Waals surface area (Å²) in [5.74, 6) is 1.95. The normalized spacial score (nSPS) is 11.0. The fourth-order valence-corrected chi connectivity index (χ4v) is 2.64. The van der Waals surface area contributed by atoms with Crippen LogP contribution in [0.1, 0.15) is 5.56 Å². The van der Waals surface area contributed by atoms with E-state index in [9.17, 15) is 0 Å². The summed E-state index contributed by atoms with van der Waals surface area (Å²) in [5, 5.41) is 8.70. The van der Waals surface area contributed by atoms with Crippen LogP contribution in [-0.4, -0.2) is 23.1 Å². The van der Waals surface area contributed by atoms with E-state index >= 15 is 0 Å². The molecule has 4 nitrogen and oxygen atoms in total. The van der Waals surface area contributed by atoms with Gasteiger partial charge >= 0.3 is 0 Å². The first-order chi connectivity index (χ1) is 11.4. The molecule has 5 heteroatoms. The maximum absolute atomic E-state index is 5.69. The van der Waals surface area contributed by atoms with Crippen LogP contribution in [0.5, 0.6) is 5.75 Å². The van der Waals surface area contributed by atoms with Crippen molar-refractivity contribution in [3.8, 4) is 17.2 Å². The van der Waals surface area contributed by atoms with Gasteiger partial charge in [-0.15, -0.1) is 10.2 Å². The Hall–Kier alpha value is -2.53. The number of para-hydroxylation sites is 1. The van der Waals surface area contributed by atoms with E-state index in [-0.39, 0.29) is 0 Å². The van der Waals surface area contributed by atoms with Crippen molar-refractivity contribution in [2.45, 2.75) is 5.22 Å². The van der Waals surface area contributed by atoms with Gasteiger partial charge < -0.3 is 9.15 Å². The summed E-state index contributed by atoms with van der Waals surface area (Å²) in [7, 11) is 1.62. The molecular formula is C18H16N2O2S. The molecule has 0 radical (unpaired) electrons. The molecule has 0 atom stereocenters. The molecule has 0 saturated carbocycles. The lowest BCUT2D eigenvalue weighted by atomic mass is 10.2. The lowest BCUT2D eigenvalue weighted by Crippen LogP contribution is -1.87. The zero-order valence-electron chi connectivity index (χ0n) is 12.7. The first-order valence-corrected chi connectivity index (χ1v) is 8.16. The molecular weight excluding hydrogens is 308 g/mol. The lowest BCUT2D eigenvalue weighted by Gasteiger charge is -2.03. The predicted molar refractivity (Wildman–Crippen MR) is 92.5 cm³/mol. The standard InChI is InChI=1S/C18H16N2O2S/c1-21-16-12-6-5-11-15(16)17-19-20-18(22-17)23-13-7-10-14-8-3-2-4-9-14/h2-12H,13H2,1H3/b10-7+. The Labute approximate surface area is 139 Å². The van der Waals surface area contributed by atoms with Gasteiger partial charge in [0.05, 0.1) is 12.7 Å². The molecule has 1 heterocycles. The fraction of sp³-hybridized carbons (Fsp3) is 0.111. The molecule has 1 aromatic heterocycles. The summed E-state index contributed by atoms with van der Waals surface area (Å²) < 4.78 is 11.0. The van der Waals surface area contributed by atoms with Crippen LogP contribution in [0.4, 0.5) is 0 Å². The fourth-order valence-electron chi connectivity index (χ4n) is 2.07. The average molecular weight is 324 g/mol. The minimum atomic E-state index is 0.469. The smallest absolute Gasteiger partial charge is 0.277 e. The van der Waals surface area contributed by atoms with Crippen LogP contribution in [0.15, 0.2) is 70.3 Å². The number of ether oxygens (including phenoxy) is 1. The van der Waals surface area contributed by atoms with Gasteiger partial charge in [-0.3, -0.25) is 0 Å². The minimum absolute atomic E-state index is 0.469. The first kappa shape index (κ1) is 15.4. The zero-order valence-corrected chi connectivity index (χ0v) is 13.5. The molecule has 0 spiro atoms. The van der Waals surface area contributed by atoms with E-state index in [1.54, 1.807) is 7.11 Å². The molecule has 0 bridgehead atoms. The van der Waals surface area contributed by atoms with Crippen molar-refractivity contribution >= 4 is 17.8 Å². The maximum atomic E-state index is 5.69. The van der Waals surface area contributed by atoms with Gasteiger partial charge in [0.25, 0.3) is 11.1 Å². The zero-order chi connectivity index (χ0) is 15.9. The van der Waals surface area contributed by atoms with Crippen molar-refractivity contribution in [3.05, 3.63) is 66.2 Å². The van der Waals surface area contributed by atoms with Crippen molar-refractivity contribution in [2.24, 2.45) is 0 Å². The number of hydrogen-bond donors (Lipinski definition) is 0. The lowest BCUT2D eigenvalue weighted by molar-refractivity contribution is 0.411. The van der Waals surface area contributed by atoms with Crippen LogP contribution in [0.25, 0.3) is 17.5 Å². The third-order valence-electron chi connectivity index (χ3n) is 3.16. The number of rotatable bonds is 6. The van der Waals surface area contributed by atoms with Crippen molar-refractivity contribution in [2.75, 3.05) is 12.9 Å². The van der Waals surface area contributed by atoms with Gasteiger partial charge in [-0.25, -0.2) is 0 Å². The van der Waals surface area contributed by atoms with E-state index in [4.69, 9.17) is 9.15 Å². The second-order valence-electron chi connectivity index (χ2n) is 4.70. The molecule has 3 aromatic rings. The molecule has 23 heavy (non-hydrogen) atoms. The van der Waals surface area contributed by atoms with E-state index in [1.807, 2.05) is 42.5 Å². The first-order valence-electron chi connectivity index (χ1n) is 7.18. The van der Waals surface area contributed by atoms with Gasteiger partial charge in [0.2, 0.25) is 0 Å². The molecule has 116 valence electrons. The highest BCUT2D eigenvalue weighted by Gasteiger charge is 2.12. The number of thioether (sulfide) groups is 1. The van der Waals surface area contributed by atoms with Gasteiger partial charge in [-0.2, -0.15) is 0 Å². The van der Waals surface area contributed by atoms with E-state index in [1.165, 1.54) is 17.3 Å². The topological polar surface area (TPSA) is 48.2 Å². The monoisotopic (exact) mass is 324 g/mol. The van der Waals surface area contributed by atoms with E-state index in [0.717, 1.165) is 17.1 Å². The highest BCUT2D eigenvalue weighted by Crippen LogP contribution is 2.30. The molecule has 3 rings (SSSR count). The second kappa shape index (κ2) is 7.65. The van der Waals surface area contributed by atoms with Crippen LogP contribution in [0.2, 0.25) is 0 Å². The summed E-state index contributed by atoms with van der Waals surface area (Å²) in [4.78, 5) is 0. The summed E-state index contributed by atoms with van der Waals surface area (Å²) >= 11 is 1.50. The minimum Gasteiger partial charge on any atom is -0.496 e. The Kier molecular flexibility index (Phi) is 5.11. The van der Waals surface area contributed by atoms with E-state index in [0.29, 0.717) is 11.1 Å². The Balaban J connectivity index is 1.63. The molecule has 0 amide bonds. The summed E-state index contributed by atoms with van der Waals surface area (Å²) in [6.45, 7) is 0. The van der Waals surface area contributed by atoms with Crippen molar-refractivity contribution < 1.29 is 9.15 Å². The third-order valence-corrected chi connectivity index (χ3v) is 3.93. The van der Waals surface area contributed by atoms with Crippen LogP contribution in [0, 0.1) is 0 Å². The van der Waals surface area contributed by atoms with Crippen molar-refractivity contribution in [1.82, 2.24) is 10.2 Å². The molecule has 0 unspecified atom stereocenters. The summed E-state index contributed by atoms with van der Waals surface area (Å²) in [6.07, 6.45) is 4.15. The predicted octanol–water partition coefficient (Wildman–Crippen LogP) is 4.55. The van der Waals surface area contributed by atoms with Crippen LogP contribution in [0.3, 0.4) is 0 Å². The van der Waals surface area contributed by atoms with Gasteiger partial charge in [-0.05, 0) is 17.7 Å². The quantitative estimate of drug-likeness (QED) is 0.623. The van der Waals surface area contributed by atoms with E-state index < -0.39 is 0 Å². The average Bonchev–Trinajstić information content (AvgIpc) is 3.08. The maximum Gasteiger partial charge on any atom is 0.277 e. The largest absolute Gasteiger partial charge is 0.496 e. The molecule has 2 aromatic carbocycles. The molecule has 0 saturated heterocycles. The highest BCUT2D eigenvalue weighted by atomic mass is 32.2. The molecule has 0 aliphatic heterocycles. The van der Waals surface area contributed by atoms with E-state index in [2.05, 4.69) is 34.5 Å². The summed E-state index contributed by atoms with van der Waals surface area (Å²) in [6, 6.07) is 17.8. The Morgan fingerprint density at radius 3 is 2.65 bits per heavy atom. The number of hydrogen-bond acceptors (Lipinski definition) is 5. The van der Waals surface area contributed by atoms with Gasteiger partial charge in [0.1, 0.15) is 5.75 Å². The van der Waals surface area contributed by atoms with Crippen molar-refractivity contribution in [3.63, 3.8) is 0 Å². The molecule has 0 fully saturated rings.